The predicted octanol–water partition coefficient (Wildman–Crippen LogP) is 3.80. The number of hydrogen-bond donors (Lipinski definition) is 0. The minimum absolute atomic E-state index is 0.0401. The summed E-state index contributed by atoms with van der Waals surface area (Å²) in [5.74, 6) is 0.802. The van der Waals surface area contributed by atoms with Crippen molar-refractivity contribution in [1.29, 1.82) is 0 Å². The molecule has 0 N–H and O–H groups in total. The quantitative estimate of drug-likeness (QED) is 0.589. The summed E-state index contributed by atoms with van der Waals surface area (Å²) in [6, 6.07) is 6.16. The molecular weight excluding hydrogens is 396 g/mol. The summed E-state index contributed by atoms with van der Waals surface area (Å²) >= 11 is 0. The van der Waals surface area contributed by atoms with Crippen LogP contribution >= 0.6 is 0 Å². The van der Waals surface area contributed by atoms with E-state index in [1.54, 1.807) is 0 Å². The molecule has 31 heavy (non-hydrogen) atoms. The van der Waals surface area contributed by atoms with Gasteiger partial charge in [-0.2, -0.15) is 10.2 Å². The molecule has 1 aromatic carbocycles. The van der Waals surface area contributed by atoms with Gasteiger partial charge in [-0.3, -0.25) is 4.68 Å². The van der Waals surface area contributed by atoms with Gasteiger partial charge in [0.25, 0.3) is 0 Å². The van der Waals surface area contributed by atoms with Crippen LogP contribution in [0.25, 0.3) is 22.2 Å². The lowest BCUT2D eigenvalue weighted by molar-refractivity contribution is -0.0365. The van der Waals surface area contributed by atoms with Crippen molar-refractivity contribution in [2.45, 2.75) is 58.1 Å². The van der Waals surface area contributed by atoms with Crippen LogP contribution in [-0.4, -0.2) is 58.2 Å². The Labute approximate surface area is 182 Å². The number of benzene rings is 1. The smallest absolute Gasteiger partial charge is 0.150 e. The summed E-state index contributed by atoms with van der Waals surface area (Å²) < 4.78 is 27.8. The maximum atomic E-state index is 6.22. The first-order valence-electron chi connectivity index (χ1n) is 11.2. The standard InChI is InChI=1S/C23H30N4O4/c1-16-17(2)31-19-6-7-21-20(13-19)23(25-27(21)22-5-3-4-9-30-22)18-14-24-26(15-18)8-10-28-11-12-29-16/h6-7,13-17,22H,3-5,8-12H2,1-2H3/t16-,17+,22?/m0/s1. The number of aromatic nitrogens is 4. The minimum Gasteiger partial charge on any atom is -0.488 e. The van der Waals surface area contributed by atoms with Gasteiger partial charge in [-0.1, -0.05) is 0 Å². The molecule has 1 saturated heterocycles. The van der Waals surface area contributed by atoms with Gasteiger partial charge in [-0.05, 0) is 51.3 Å². The monoisotopic (exact) mass is 426 g/mol. The van der Waals surface area contributed by atoms with Gasteiger partial charge >= 0.3 is 0 Å². The van der Waals surface area contributed by atoms with Gasteiger partial charge in [-0.25, -0.2) is 4.68 Å². The van der Waals surface area contributed by atoms with Gasteiger partial charge in [0.1, 0.15) is 17.5 Å². The van der Waals surface area contributed by atoms with E-state index in [1.807, 2.05) is 41.7 Å². The molecule has 0 amide bonds. The summed E-state index contributed by atoms with van der Waals surface area (Å²) in [5.41, 5.74) is 2.92. The first-order valence-corrected chi connectivity index (χ1v) is 11.2. The van der Waals surface area contributed by atoms with E-state index >= 15 is 0 Å². The van der Waals surface area contributed by atoms with Crippen molar-refractivity contribution in [2.75, 3.05) is 26.4 Å². The number of ether oxygens (including phenoxy) is 4. The first-order chi connectivity index (χ1) is 15.2. The van der Waals surface area contributed by atoms with Crippen LogP contribution in [0.3, 0.4) is 0 Å². The molecule has 1 unspecified atom stereocenters. The summed E-state index contributed by atoms with van der Waals surface area (Å²) in [4.78, 5) is 0. The summed E-state index contributed by atoms with van der Waals surface area (Å²) in [6.45, 7) is 7.19. The Morgan fingerprint density at radius 3 is 2.81 bits per heavy atom. The zero-order valence-corrected chi connectivity index (χ0v) is 18.2. The highest BCUT2D eigenvalue weighted by atomic mass is 16.6. The Balaban J connectivity index is 1.58. The fourth-order valence-corrected chi connectivity index (χ4v) is 4.15. The fourth-order valence-electron chi connectivity index (χ4n) is 4.15. The van der Waals surface area contributed by atoms with E-state index in [9.17, 15) is 0 Å². The molecule has 8 nitrogen and oxygen atoms in total. The van der Waals surface area contributed by atoms with Crippen LogP contribution in [0.5, 0.6) is 5.75 Å². The molecule has 2 aromatic heterocycles. The Morgan fingerprint density at radius 2 is 1.94 bits per heavy atom. The van der Waals surface area contributed by atoms with Crippen LogP contribution in [0.4, 0.5) is 0 Å². The SMILES string of the molecule is C[C@@H]1OCCOCCn2cc(cn2)-c2nn(C3CCCCO3)c3ccc(cc23)O[C@@H]1C. The van der Waals surface area contributed by atoms with Gasteiger partial charge in [0.05, 0.1) is 44.2 Å². The molecule has 5 rings (SSSR count). The first kappa shape index (κ1) is 20.5. The molecule has 3 atom stereocenters. The lowest BCUT2D eigenvalue weighted by Gasteiger charge is -2.24. The highest BCUT2D eigenvalue weighted by molar-refractivity contribution is 5.94. The molecule has 0 saturated carbocycles. The van der Waals surface area contributed by atoms with Gasteiger partial charge in [0, 0.05) is 23.8 Å². The number of nitrogens with zero attached hydrogens (tertiary/aromatic N) is 4. The van der Waals surface area contributed by atoms with E-state index in [0.717, 1.165) is 53.8 Å². The Kier molecular flexibility index (Phi) is 5.93. The molecule has 4 bridgehead atoms. The second kappa shape index (κ2) is 8.98. The van der Waals surface area contributed by atoms with E-state index in [4.69, 9.17) is 24.0 Å². The Hall–Kier alpha value is -2.42. The highest BCUT2D eigenvalue weighted by Crippen LogP contribution is 2.35. The molecule has 8 heteroatoms. The molecule has 4 heterocycles. The van der Waals surface area contributed by atoms with Crippen LogP contribution in [0.1, 0.15) is 39.3 Å². The molecule has 3 aromatic rings. The van der Waals surface area contributed by atoms with Crippen molar-refractivity contribution in [3.63, 3.8) is 0 Å². The van der Waals surface area contributed by atoms with Crippen LogP contribution in [-0.2, 0) is 20.8 Å². The number of fused-ring (bicyclic) bond motifs is 4. The molecular formula is C23H30N4O4. The van der Waals surface area contributed by atoms with Crippen molar-refractivity contribution in [2.24, 2.45) is 0 Å². The molecule has 1 fully saturated rings. The van der Waals surface area contributed by atoms with Gasteiger partial charge in [0.2, 0.25) is 0 Å². The number of hydrogen-bond acceptors (Lipinski definition) is 6. The molecule has 2 aliphatic heterocycles. The third-order valence-corrected chi connectivity index (χ3v) is 6.07. The van der Waals surface area contributed by atoms with Crippen LogP contribution < -0.4 is 4.74 Å². The van der Waals surface area contributed by atoms with Crippen LogP contribution in [0, 0.1) is 0 Å². The zero-order chi connectivity index (χ0) is 21.2. The molecule has 166 valence electrons. The van der Waals surface area contributed by atoms with E-state index in [0.29, 0.717) is 26.4 Å². The van der Waals surface area contributed by atoms with Gasteiger partial charge in [0.15, 0.2) is 6.23 Å². The minimum atomic E-state index is -0.0896. The fraction of sp³-hybridized carbons (Fsp3) is 0.565. The van der Waals surface area contributed by atoms with Crippen molar-refractivity contribution in [1.82, 2.24) is 19.6 Å². The third-order valence-electron chi connectivity index (χ3n) is 6.07. The van der Waals surface area contributed by atoms with Gasteiger partial charge < -0.3 is 18.9 Å². The number of rotatable bonds is 1. The molecule has 0 spiro atoms. The van der Waals surface area contributed by atoms with Crippen molar-refractivity contribution in [3.8, 4) is 17.0 Å². The maximum Gasteiger partial charge on any atom is 0.150 e. The summed E-state index contributed by atoms with van der Waals surface area (Å²) in [6.07, 6.45) is 6.94. The summed E-state index contributed by atoms with van der Waals surface area (Å²) in [5, 5.41) is 10.5. The second-order valence-corrected chi connectivity index (χ2v) is 8.30. The zero-order valence-electron chi connectivity index (χ0n) is 18.2. The van der Waals surface area contributed by atoms with Gasteiger partial charge in [-0.15, -0.1) is 0 Å². The summed E-state index contributed by atoms with van der Waals surface area (Å²) in [7, 11) is 0. The van der Waals surface area contributed by atoms with E-state index < -0.39 is 0 Å². The maximum absolute atomic E-state index is 6.22. The molecule has 2 aliphatic rings. The van der Waals surface area contributed by atoms with E-state index in [2.05, 4.69) is 17.2 Å². The van der Waals surface area contributed by atoms with E-state index in [-0.39, 0.29) is 18.4 Å². The Bertz CT molecular complexity index is 1020. The average Bonchev–Trinajstić information content (AvgIpc) is 3.40. The largest absolute Gasteiger partial charge is 0.488 e. The lowest BCUT2D eigenvalue weighted by Crippen LogP contribution is -2.30. The Morgan fingerprint density at radius 1 is 1.00 bits per heavy atom. The van der Waals surface area contributed by atoms with Crippen molar-refractivity contribution in [3.05, 3.63) is 30.6 Å². The lowest BCUT2D eigenvalue weighted by atomic mass is 10.1. The third kappa shape index (κ3) is 4.33. The topological polar surface area (TPSA) is 72.6 Å². The highest BCUT2D eigenvalue weighted by Gasteiger charge is 2.23. The van der Waals surface area contributed by atoms with Crippen LogP contribution in [0.2, 0.25) is 0 Å². The van der Waals surface area contributed by atoms with Crippen molar-refractivity contribution >= 4 is 10.9 Å². The van der Waals surface area contributed by atoms with Crippen LogP contribution in [0.15, 0.2) is 30.6 Å². The second-order valence-electron chi connectivity index (χ2n) is 8.30. The predicted molar refractivity (Wildman–Crippen MR) is 116 cm³/mol. The van der Waals surface area contributed by atoms with Crippen molar-refractivity contribution < 1.29 is 18.9 Å². The average molecular weight is 427 g/mol. The normalized spacial score (nSPS) is 25.5. The molecule has 0 radical (unpaired) electrons. The van der Waals surface area contributed by atoms with E-state index in [1.165, 1.54) is 0 Å². The molecule has 0 aliphatic carbocycles.